The van der Waals surface area contributed by atoms with Crippen molar-refractivity contribution in [1.29, 1.82) is 0 Å². The van der Waals surface area contributed by atoms with Crippen molar-refractivity contribution in [2.45, 2.75) is 43.7 Å². The summed E-state index contributed by atoms with van der Waals surface area (Å²) >= 11 is 0. The van der Waals surface area contributed by atoms with Gasteiger partial charge in [-0.2, -0.15) is 0 Å². The van der Waals surface area contributed by atoms with Gasteiger partial charge in [0.05, 0.1) is 31.9 Å². The molecule has 0 aliphatic carbocycles. The molecule has 2 aromatic carbocycles. The summed E-state index contributed by atoms with van der Waals surface area (Å²) < 4.78 is 12.0. The molecule has 0 saturated carbocycles. The fraction of sp³-hybridized carbons (Fsp3) is 0.423. The highest BCUT2D eigenvalue weighted by atomic mass is 28.3. The number of aliphatic hydroxyl groups is 1. The van der Waals surface area contributed by atoms with Gasteiger partial charge in [-0.1, -0.05) is 43.4 Å². The van der Waals surface area contributed by atoms with Crippen molar-refractivity contribution in [3.8, 4) is 5.75 Å². The lowest BCUT2D eigenvalue weighted by atomic mass is 9.82. The summed E-state index contributed by atoms with van der Waals surface area (Å²) in [4.78, 5) is 26.8. The number of hydrogen-bond acceptors (Lipinski definition) is 6. The van der Waals surface area contributed by atoms with Crippen LogP contribution in [0.5, 0.6) is 5.75 Å². The highest BCUT2D eigenvalue weighted by molar-refractivity contribution is 6.91. The van der Waals surface area contributed by atoms with E-state index in [9.17, 15) is 20.0 Å². The summed E-state index contributed by atoms with van der Waals surface area (Å²) in [6, 6.07) is 12.5. The predicted octanol–water partition coefficient (Wildman–Crippen LogP) is 3.73. The van der Waals surface area contributed by atoms with Crippen LogP contribution in [0.25, 0.3) is 0 Å². The van der Waals surface area contributed by atoms with Gasteiger partial charge in [-0.05, 0) is 30.2 Å². The van der Waals surface area contributed by atoms with Gasteiger partial charge in [0.1, 0.15) is 5.75 Å². The number of carbonyl (C=O) groups excluding carboxylic acids is 1. The molecule has 186 valence electrons. The van der Waals surface area contributed by atoms with Crippen LogP contribution in [0.15, 0.2) is 55.1 Å². The Balaban J connectivity index is 1.87. The molecule has 1 spiro atoms. The van der Waals surface area contributed by atoms with Crippen LogP contribution >= 0.6 is 0 Å². The molecule has 2 aromatic rings. The maximum absolute atomic E-state index is 14.0. The molecule has 2 heterocycles. The first kappa shape index (κ1) is 25.1. The smallest absolute Gasteiger partial charge is 0.269 e. The first-order valence-corrected chi connectivity index (χ1v) is 14.9. The molecule has 0 radical (unpaired) electrons. The number of aliphatic hydroxyl groups excluding tert-OH is 1. The van der Waals surface area contributed by atoms with E-state index in [-0.39, 0.29) is 42.3 Å². The van der Waals surface area contributed by atoms with Gasteiger partial charge in [-0.25, -0.2) is 0 Å². The number of nitro groups is 1. The predicted molar refractivity (Wildman–Crippen MR) is 137 cm³/mol. The van der Waals surface area contributed by atoms with Gasteiger partial charge in [0.2, 0.25) is 0 Å². The molecule has 8 nitrogen and oxygen atoms in total. The van der Waals surface area contributed by atoms with E-state index < -0.39 is 18.6 Å². The summed E-state index contributed by atoms with van der Waals surface area (Å²) in [7, 11) is -0.654. The topological polar surface area (TPSA) is 102 Å². The van der Waals surface area contributed by atoms with E-state index in [1.54, 1.807) is 24.2 Å². The molecule has 2 aliphatic heterocycles. The maximum Gasteiger partial charge on any atom is 0.269 e. The van der Waals surface area contributed by atoms with Crippen molar-refractivity contribution < 1.29 is 24.3 Å². The Hall–Kier alpha value is -3.01. The van der Waals surface area contributed by atoms with E-state index in [1.165, 1.54) is 17.3 Å². The number of benzene rings is 2. The Labute approximate surface area is 206 Å². The second kappa shape index (κ2) is 9.22. The van der Waals surface area contributed by atoms with Crippen LogP contribution in [0.2, 0.25) is 18.6 Å². The Bertz CT molecular complexity index is 1150. The summed E-state index contributed by atoms with van der Waals surface area (Å²) in [6.45, 7) is 10.5. The standard InChI is InChI=1S/C26H32N2O6Si/c1-6-14-27-22-12-7-18(28(31)32)16-21(22)26(25(27)30)17(2)24(23(34-26)13-15-29)35(4,5)20-10-8-19(33-3)9-11-20/h6-12,16-17,23-24,29H,1,13-15H2,2-5H3/t17-,23+,24-,26+/m1/s1. The summed E-state index contributed by atoms with van der Waals surface area (Å²) in [5.41, 5.74) is -0.328. The summed E-state index contributed by atoms with van der Waals surface area (Å²) in [5, 5.41) is 22.7. The van der Waals surface area contributed by atoms with Crippen LogP contribution in [0, 0.1) is 16.0 Å². The molecular weight excluding hydrogens is 464 g/mol. The first-order chi connectivity index (χ1) is 16.6. The van der Waals surface area contributed by atoms with Crippen molar-refractivity contribution >= 4 is 30.5 Å². The monoisotopic (exact) mass is 496 g/mol. The average molecular weight is 497 g/mol. The van der Waals surface area contributed by atoms with E-state index in [4.69, 9.17) is 9.47 Å². The zero-order valence-electron chi connectivity index (χ0n) is 20.6. The van der Waals surface area contributed by atoms with Crippen molar-refractivity contribution in [3.63, 3.8) is 0 Å². The van der Waals surface area contributed by atoms with Crippen LogP contribution in [0.1, 0.15) is 18.9 Å². The number of amides is 1. The van der Waals surface area contributed by atoms with E-state index in [2.05, 4.69) is 31.8 Å². The average Bonchev–Trinajstić information content (AvgIpc) is 3.26. The lowest BCUT2D eigenvalue weighted by Crippen LogP contribution is -2.51. The molecule has 1 N–H and O–H groups in total. The molecule has 4 atom stereocenters. The summed E-state index contributed by atoms with van der Waals surface area (Å²) in [5.74, 6) is 0.265. The minimum atomic E-state index is -2.28. The number of rotatable bonds is 8. The number of non-ortho nitro benzene ring substituents is 1. The summed E-state index contributed by atoms with van der Waals surface area (Å²) in [6.07, 6.45) is 1.64. The molecule has 9 heteroatoms. The molecule has 0 bridgehead atoms. The van der Waals surface area contributed by atoms with Gasteiger partial charge in [0.25, 0.3) is 11.6 Å². The van der Waals surface area contributed by atoms with Crippen molar-refractivity contribution in [3.05, 3.63) is 70.8 Å². The fourth-order valence-corrected chi connectivity index (χ4v) is 10.2. The van der Waals surface area contributed by atoms with E-state index in [0.29, 0.717) is 17.7 Å². The number of anilines is 1. The quantitative estimate of drug-likeness (QED) is 0.259. The Kier molecular flexibility index (Phi) is 6.61. The zero-order chi connectivity index (χ0) is 25.5. The minimum Gasteiger partial charge on any atom is -0.497 e. The third-order valence-electron chi connectivity index (χ3n) is 7.76. The third-order valence-corrected chi connectivity index (χ3v) is 12.1. The Morgan fingerprint density at radius 2 is 1.97 bits per heavy atom. The van der Waals surface area contributed by atoms with Gasteiger partial charge in [-0.3, -0.25) is 14.9 Å². The largest absolute Gasteiger partial charge is 0.497 e. The Morgan fingerprint density at radius 3 is 2.54 bits per heavy atom. The number of carbonyl (C=O) groups is 1. The van der Waals surface area contributed by atoms with E-state index in [0.717, 1.165) is 5.75 Å². The minimum absolute atomic E-state index is 0.0252. The zero-order valence-corrected chi connectivity index (χ0v) is 21.6. The van der Waals surface area contributed by atoms with Crippen LogP contribution in [0.4, 0.5) is 11.4 Å². The number of methoxy groups -OCH3 is 1. The molecule has 1 saturated heterocycles. The normalized spacial score (nSPS) is 25.7. The number of fused-ring (bicyclic) bond motifs is 2. The molecule has 1 fully saturated rings. The van der Waals surface area contributed by atoms with Crippen LogP contribution in [0.3, 0.4) is 0 Å². The molecule has 0 aromatic heterocycles. The second-order valence-electron chi connectivity index (χ2n) is 9.83. The molecule has 0 unspecified atom stereocenters. The highest BCUT2D eigenvalue weighted by Crippen LogP contribution is 2.60. The molecule has 4 rings (SSSR count). The van der Waals surface area contributed by atoms with Gasteiger partial charge < -0.3 is 19.5 Å². The van der Waals surface area contributed by atoms with Gasteiger partial charge >= 0.3 is 0 Å². The fourth-order valence-electron chi connectivity index (χ4n) is 6.12. The maximum atomic E-state index is 14.0. The van der Waals surface area contributed by atoms with Crippen molar-refractivity contribution in [2.24, 2.45) is 5.92 Å². The van der Waals surface area contributed by atoms with Gasteiger partial charge in [0, 0.05) is 36.8 Å². The lowest BCUT2D eigenvalue weighted by Gasteiger charge is -2.37. The highest BCUT2D eigenvalue weighted by Gasteiger charge is 2.66. The van der Waals surface area contributed by atoms with Crippen LogP contribution in [-0.2, 0) is 15.1 Å². The first-order valence-electron chi connectivity index (χ1n) is 11.8. The molecule has 2 aliphatic rings. The molecule has 1 amide bonds. The Morgan fingerprint density at radius 1 is 1.29 bits per heavy atom. The van der Waals surface area contributed by atoms with E-state index >= 15 is 0 Å². The number of hydrogen-bond donors (Lipinski definition) is 1. The SMILES string of the molecule is C=CCN1C(=O)[C@@]2(O[C@@H](CCO)[C@H]([Si](C)(C)c3ccc(OC)cc3)[C@H]2C)c2cc([N+](=O)[O-])ccc21. The number of nitrogens with zero attached hydrogens (tertiary/aromatic N) is 2. The van der Waals surface area contributed by atoms with Crippen molar-refractivity contribution in [2.75, 3.05) is 25.2 Å². The van der Waals surface area contributed by atoms with Crippen LogP contribution in [-0.4, -0.2) is 50.4 Å². The molecular formula is C26H32N2O6Si. The number of nitro benzene ring substituents is 1. The van der Waals surface area contributed by atoms with Crippen molar-refractivity contribution in [1.82, 2.24) is 0 Å². The lowest BCUT2D eigenvalue weighted by molar-refractivity contribution is -0.385. The van der Waals surface area contributed by atoms with E-state index in [1.807, 2.05) is 19.1 Å². The number of ether oxygens (including phenoxy) is 2. The molecule has 35 heavy (non-hydrogen) atoms. The van der Waals surface area contributed by atoms with Gasteiger partial charge in [-0.15, -0.1) is 6.58 Å². The van der Waals surface area contributed by atoms with Crippen LogP contribution < -0.4 is 14.8 Å². The second-order valence-corrected chi connectivity index (χ2v) is 14.5. The third kappa shape index (κ3) is 3.78. The van der Waals surface area contributed by atoms with Gasteiger partial charge in [0.15, 0.2) is 5.60 Å².